The normalized spacial score (nSPS) is 10.7. The van der Waals surface area contributed by atoms with Crippen molar-refractivity contribution in [2.24, 2.45) is 0 Å². The van der Waals surface area contributed by atoms with E-state index in [1.165, 1.54) is 16.7 Å². The van der Waals surface area contributed by atoms with Gasteiger partial charge >= 0.3 is 0 Å². The average molecular weight is 256 g/mol. The summed E-state index contributed by atoms with van der Waals surface area (Å²) in [5, 5.41) is 9.09. The Balaban J connectivity index is 2.36. The number of ether oxygens (including phenoxy) is 1. The number of aliphatic hydroxyl groups is 1. The van der Waals surface area contributed by atoms with E-state index in [0.29, 0.717) is 13.0 Å². The molecule has 0 atom stereocenters. The van der Waals surface area contributed by atoms with Crippen LogP contribution in [0.15, 0.2) is 42.5 Å². The second-order valence-electron chi connectivity index (χ2n) is 4.76. The summed E-state index contributed by atoms with van der Waals surface area (Å²) in [7, 11) is 1.70. The van der Waals surface area contributed by atoms with Crippen molar-refractivity contribution in [3.05, 3.63) is 59.2 Å². The van der Waals surface area contributed by atoms with Crippen molar-refractivity contribution in [1.82, 2.24) is 0 Å². The van der Waals surface area contributed by atoms with Crippen LogP contribution in [0.5, 0.6) is 0 Å². The SMILES string of the molecule is COCc1cc(-c2ccc(C)cc2)ccc1CCO. The fourth-order valence-corrected chi connectivity index (χ4v) is 2.21. The Morgan fingerprint density at radius 1 is 0.947 bits per heavy atom. The highest BCUT2D eigenvalue weighted by Crippen LogP contribution is 2.24. The van der Waals surface area contributed by atoms with E-state index < -0.39 is 0 Å². The van der Waals surface area contributed by atoms with Crippen LogP contribution in [-0.2, 0) is 17.8 Å². The van der Waals surface area contributed by atoms with Crippen molar-refractivity contribution in [2.75, 3.05) is 13.7 Å². The number of aryl methyl sites for hydroxylation is 1. The zero-order chi connectivity index (χ0) is 13.7. The minimum absolute atomic E-state index is 0.167. The van der Waals surface area contributed by atoms with Gasteiger partial charge in [-0.2, -0.15) is 0 Å². The van der Waals surface area contributed by atoms with Crippen molar-refractivity contribution in [3.8, 4) is 11.1 Å². The maximum Gasteiger partial charge on any atom is 0.0715 e. The highest BCUT2D eigenvalue weighted by molar-refractivity contribution is 5.65. The van der Waals surface area contributed by atoms with E-state index in [0.717, 1.165) is 11.1 Å². The molecule has 2 rings (SSSR count). The quantitative estimate of drug-likeness (QED) is 0.889. The Hall–Kier alpha value is -1.64. The molecule has 0 saturated heterocycles. The standard InChI is InChI=1S/C17H20O2/c1-13-3-5-14(6-4-13)16-8-7-15(9-10-18)17(11-16)12-19-2/h3-8,11,18H,9-10,12H2,1-2H3. The van der Waals surface area contributed by atoms with Gasteiger partial charge in [-0.05, 0) is 41.7 Å². The lowest BCUT2D eigenvalue weighted by Crippen LogP contribution is -1.99. The summed E-state index contributed by atoms with van der Waals surface area (Å²) in [5.41, 5.74) is 5.96. The minimum atomic E-state index is 0.167. The first kappa shape index (κ1) is 13.8. The van der Waals surface area contributed by atoms with Crippen molar-refractivity contribution in [3.63, 3.8) is 0 Å². The average Bonchev–Trinajstić information content (AvgIpc) is 2.42. The van der Waals surface area contributed by atoms with E-state index in [1.54, 1.807) is 7.11 Å². The van der Waals surface area contributed by atoms with Gasteiger partial charge in [0.2, 0.25) is 0 Å². The molecular formula is C17H20O2. The Morgan fingerprint density at radius 3 is 2.26 bits per heavy atom. The van der Waals surface area contributed by atoms with Gasteiger partial charge in [0.1, 0.15) is 0 Å². The highest BCUT2D eigenvalue weighted by atomic mass is 16.5. The van der Waals surface area contributed by atoms with Crippen LogP contribution in [0.4, 0.5) is 0 Å². The molecule has 0 aromatic heterocycles. The first-order chi connectivity index (χ1) is 9.24. The molecule has 2 heteroatoms. The largest absolute Gasteiger partial charge is 0.396 e. The van der Waals surface area contributed by atoms with E-state index in [9.17, 15) is 0 Å². The van der Waals surface area contributed by atoms with Gasteiger partial charge in [0, 0.05) is 13.7 Å². The second-order valence-corrected chi connectivity index (χ2v) is 4.76. The number of benzene rings is 2. The smallest absolute Gasteiger partial charge is 0.0715 e. The number of aliphatic hydroxyl groups excluding tert-OH is 1. The number of methoxy groups -OCH3 is 1. The molecule has 0 unspecified atom stereocenters. The summed E-state index contributed by atoms with van der Waals surface area (Å²) >= 11 is 0. The molecule has 2 aromatic rings. The molecule has 0 aliphatic carbocycles. The summed E-state index contributed by atoms with van der Waals surface area (Å²) < 4.78 is 5.24. The van der Waals surface area contributed by atoms with E-state index in [4.69, 9.17) is 9.84 Å². The lowest BCUT2D eigenvalue weighted by molar-refractivity contribution is 0.183. The Morgan fingerprint density at radius 2 is 1.63 bits per heavy atom. The lowest BCUT2D eigenvalue weighted by atomic mass is 9.97. The summed E-state index contributed by atoms with van der Waals surface area (Å²) in [5.74, 6) is 0. The molecule has 1 N–H and O–H groups in total. The second kappa shape index (κ2) is 6.50. The van der Waals surface area contributed by atoms with Gasteiger partial charge in [0.05, 0.1) is 6.61 Å². The fourth-order valence-electron chi connectivity index (χ4n) is 2.21. The molecule has 0 amide bonds. The van der Waals surface area contributed by atoms with Crippen LogP contribution >= 0.6 is 0 Å². The fraction of sp³-hybridized carbons (Fsp3) is 0.294. The Kier molecular flexibility index (Phi) is 4.72. The Bertz CT molecular complexity index is 529. The van der Waals surface area contributed by atoms with E-state index in [-0.39, 0.29) is 6.61 Å². The number of hydrogen-bond donors (Lipinski definition) is 1. The van der Waals surface area contributed by atoms with Gasteiger partial charge in [-0.25, -0.2) is 0 Å². The molecule has 2 nitrogen and oxygen atoms in total. The van der Waals surface area contributed by atoms with Crippen molar-refractivity contribution in [2.45, 2.75) is 20.0 Å². The van der Waals surface area contributed by atoms with Crippen LogP contribution in [0.3, 0.4) is 0 Å². The van der Waals surface area contributed by atoms with E-state index in [2.05, 4.69) is 49.4 Å². The summed E-state index contributed by atoms with van der Waals surface area (Å²) in [6.07, 6.45) is 0.673. The van der Waals surface area contributed by atoms with E-state index >= 15 is 0 Å². The van der Waals surface area contributed by atoms with Crippen LogP contribution in [0, 0.1) is 6.92 Å². The summed E-state index contributed by atoms with van der Waals surface area (Å²) in [6.45, 7) is 2.83. The zero-order valence-corrected chi connectivity index (χ0v) is 11.5. The van der Waals surface area contributed by atoms with Gasteiger partial charge in [-0.3, -0.25) is 0 Å². The van der Waals surface area contributed by atoms with Crippen LogP contribution in [0.25, 0.3) is 11.1 Å². The number of hydrogen-bond acceptors (Lipinski definition) is 2. The maximum atomic E-state index is 9.09. The van der Waals surface area contributed by atoms with Crippen LogP contribution < -0.4 is 0 Å². The van der Waals surface area contributed by atoms with Crippen LogP contribution in [0.2, 0.25) is 0 Å². The van der Waals surface area contributed by atoms with Gasteiger partial charge in [-0.15, -0.1) is 0 Å². The zero-order valence-electron chi connectivity index (χ0n) is 11.5. The molecule has 0 saturated carbocycles. The molecule has 19 heavy (non-hydrogen) atoms. The molecule has 100 valence electrons. The van der Waals surface area contributed by atoms with E-state index in [1.807, 2.05) is 0 Å². The first-order valence-electron chi connectivity index (χ1n) is 6.53. The molecule has 0 spiro atoms. The lowest BCUT2D eigenvalue weighted by Gasteiger charge is -2.11. The molecule has 0 radical (unpaired) electrons. The summed E-state index contributed by atoms with van der Waals surface area (Å²) in [6, 6.07) is 14.8. The third kappa shape index (κ3) is 3.43. The summed E-state index contributed by atoms with van der Waals surface area (Å²) in [4.78, 5) is 0. The van der Waals surface area contributed by atoms with Gasteiger partial charge in [-0.1, -0.05) is 42.0 Å². The van der Waals surface area contributed by atoms with Crippen LogP contribution in [-0.4, -0.2) is 18.8 Å². The third-order valence-corrected chi connectivity index (χ3v) is 3.27. The molecule has 0 fully saturated rings. The topological polar surface area (TPSA) is 29.5 Å². The molecular weight excluding hydrogens is 236 g/mol. The molecule has 2 aromatic carbocycles. The van der Waals surface area contributed by atoms with Crippen molar-refractivity contribution in [1.29, 1.82) is 0 Å². The van der Waals surface area contributed by atoms with Gasteiger partial charge < -0.3 is 9.84 Å². The number of rotatable bonds is 5. The first-order valence-corrected chi connectivity index (χ1v) is 6.53. The maximum absolute atomic E-state index is 9.09. The Labute approximate surface area is 114 Å². The molecule has 0 aliphatic rings. The molecule has 0 bridgehead atoms. The molecule has 0 aliphatic heterocycles. The predicted octanol–water partition coefficient (Wildman–Crippen LogP) is 3.34. The highest BCUT2D eigenvalue weighted by Gasteiger charge is 2.05. The van der Waals surface area contributed by atoms with Crippen LogP contribution in [0.1, 0.15) is 16.7 Å². The third-order valence-electron chi connectivity index (χ3n) is 3.27. The van der Waals surface area contributed by atoms with Gasteiger partial charge in [0.25, 0.3) is 0 Å². The monoisotopic (exact) mass is 256 g/mol. The van der Waals surface area contributed by atoms with Gasteiger partial charge in [0.15, 0.2) is 0 Å². The van der Waals surface area contributed by atoms with Crippen molar-refractivity contribution < 1.29 is 9.84 Å². The molecule has 0 heterocycles. The van der Waals surface area contributed by atoms with Crippen molar-refractivity contribution >= 4 is 0 Å². The minimum Gasteiger partial charge on any atom is -0.396 e. The predicted molar refractivity (Wildman–Crippen MR) is 78.1 cm³/mol.